The van der Waals surface area contributed by atoms with Crippen molar-refractivity contribution in [3.05, 3.63) is 65.7 Å². The number of anilines is 1. The number of carbonyl (C=O) groups excluding carboxylic acids is 1. The Morgan fingerprint density at radius 2 is 1.80 bits per heavy atom. The highest BCUT2D eigenvalue weighted by atomic mass is 16.3. The first-order valence-corrected chi connectivity index (χ1v) is 11.4. The van der Waals surface area contributed by atoms with Gasteiger partial charge < -0.3 is 15.3 Å². The van der Waals surface area contributed by atoms with Gasteiger partial charge in [-0.1, -0.05) is 56.3 Å². The first-order valence-electron chi connectivity index (χ1n) is 11.4. The number of carbonyl (C=O) groups is 1. The molecule has 1 amide bonds. The Labute approximate surface area is 181 Å². The molecular weight excluding hydrogens is 372 g/mol. The first kappa shape index (κ1) is 22.5. The quantitative estimate of drug-likeness (QED) is 0.549. The molecule has 1 saturated heterocycles. The standard InChI is InChI=1S/C26H36N2O2/c1-20(2)26(30)27-24-12-8-11-23(19-24)21-14-17-28(18-15-21)16-7-6-13-25(29)22-9-4-3-5-10-22/h3-5,8-12,19-21,25,29H,6-7,13-18H2,1-2H3,(H,27,30). The SMILES string of the molecule is CC(C)C(=O)Nc1cccc(C2CCN(CCCCC(O)c3ccccc3)CC2)c1. The van der Waals surface area contributed by atoms with Gasteiger partial charge in [0.2, 0.25) is 5.91 Å². The van der Waals surface area contributed by atoms with Crippen LogP contribution in [0.25, 0.3) is 0 Å². The van der Waals surface area contributed by atoms with E-state index in [0.717, 1.165) is 63.0 Å². The van der Waals surface area contributed by atoms with Crippen molar-refractivity contribution in [2.24, 2.45) is 5.92 Å². The van der Waals surface area contributed by atoms with E-state index in [4.69, 9.17) is 0 Å². The van der Waals surface area contributed by atoms with Crippen LogP contribution in [0, 0.1) is 5.92 Å². The summed E-state index contributed by atoms with van der Waals surface area (Å²) in [5.74, 6) is 0.627. The number of benzene rings is 2. The van der Waals surface area contributed by atoms with E-state index < -0.39 is 0 Å². The maximum atomic E-state index is 12.0. The highest BCUT2D eigenvalue weighted by Gasteiger charge is 2.21. The van der Waals surface area contributed by atoms with Crippen molar-refractivity contribution in [1.82, 2.24) is 4.90 Å². The molecule has 0 aromatic heterocycles. The molecule has 30 heavy (non-hydrogen) atoms. The van der Waals surface area contributed by atoms with E-state index in [-0.39, 0.29) is 17.9 Å². The smallest absolute Gasteiger partial charge is 0.226 e. The number of piperidine rings is 1. The molecule has 1 heterocycles. The summed E-state index contributed by atoms with van der Waals surface area (Å²) in [6.45, 7) is 7.18. The van der Waals surface area contributed by atoms with E-state index in [0.29, 0.717) is 5.92 Å². The van der Waals surface area contributed by atoms with Crippen LogP contribution in [0.4, 0.5) is 5.69 Å². The van der Waals surface area contributed by atoms with Gasteiger partial charge in [0.1, 0.15) is 0 Å². The monoisotopic (exact) mass is 408 g/mol. The Hall–Kier alpha value is -2.17. The number of nitrogens with zero attached hydrogens (tertiary/aromatic N) is 1. The molecule has 1 aliphatic rings. The van der Waals surface area contributed by atoms with Crippen LogP contribution in [-0.2, 0) is 4.79 Å². The minimum absolute atomic E-state index is 0.00861. The van der Waals surface area contributed by atoms with E-state index in [1.54, 1.807) is 0 Å². The topological polar surface area (TPSA) is 52.6 Å². The molecule has 2 aromatic carbocycles. The van der Waals surface area contributed by atoms with Crippen molar-refractivity contribution >= 4 is 11.6 Å². The summed E-state index contributed by atoms with van der Waals surface area (Å²) in [4.78, 5) is 14.5. The van der Waals surface area contributed by atoms with Crippen molar-refractivity contribution in [1.29, 1.82) is 0 Å². The van der Waals surface area contributed by atoms with Crippen molar-refractivity contribution in [3.63, 3.8) is 0 Å². The van der Waals surface area contributed by atoms with Crippen LogP contribution in [-0.4, -0.2) is 35.5 Å². The highest BCUT2D eigenvalue weighted by molar-refractivity contribution is 5.92. The molecule has 1 aliphatic heterocycles. The summed E-state index contributed by atoms with van der Waals surface area (Å²) in [6, 6.07) is 18.3. The van der Waals surface area contributed by atoms with Gasteiger partial charge in [0, 0.05) is 11.6 Å². The Morgan fingerprint density at radius 3 is 2.50 bits per heavy atom. The molecule has 162 valence electrons. The molecule has 0 saturated carbocycles. The molecular formula is C26H36N2O2. The number of aliphatic hydroxyl groups is 1. The average molecular weight is 409 g/mol. The molecule has 1 fully saturated rings. The second-order valence-electron chi connectivity index (χ2n) is 8.81. The maximum absolute atomic E-state index is 12.0. The molecule has 3 rings (SSSR count). The summed E-state index contributed by atoms with van der Waals surface area (Å²) in [6.07, 6.45) is 4.98. The summed E-state index contributed by atoms with van der Waals surface area (Å²) in [5.41, 5.74) is 3.26. The minimum atomic E-state index is -0.347. The third-order valence-corrected chi connectivity index (χ3v) is 6.12. The van der Waals surface area contributed by atoms with Gasteiger partial charge in [-0.2, -0.15) is 0 Å². The number of hydrogen-bond acceptors (Lipinski definition) is 3. The largest absolute Gasteiger partial charge is 0.388 e. The van der Waals surface area contributed by atoms with Crippen LogP contribution >= 0.6 is 0 Å². The van der Waals surface area contributed by atoms with Gasteiger partial charge in [0.05, 0.1) is 6.10 Å². The number of unbranched alkanes of at least 4 members (excludes halogenated alkanes) is 1. The zero-order valence-electron chi connectivity index (χ0n) is 18.4. The van der Waals surface area contributed by atoms with Crippen molar-refractivity contribution in [3.8, 4) is 0 Å². The van der Waals surface area contributed by atoms with Crippen LogP contribution in [0.5, 0.6) is 0 Å². The molecule has 2 aromatic rings. The van der Waals surface area contributed by atoms with Crippen molar-refractivity contribution in [2.75, 3.05) is 25.0 Å². The van der Waals surface area contributed by atoms with E-state index in [1.807, 2.05) is 50.2 Å². The van der Waals surface area contributed by atoms with E-state index in [1.165, 1.54) is 5.56 Å². The molecule has 0 bridgehead atoms. The zero-order valence-corrected chi connectivity index (χ0v) is 18.4. The molecule has 0 spiro atoms. The number of rotatable bonds is 9. The fourth-order valence-corrected chi connectivity index (χ4v) is 4.16. The maximum Gasteiger partial charge on any atom is 0.226 e. The Balaban J connectivity index is 1.38. The van der Waals surface area contributed by atoms with Gasteiger partial charge in [-0.15, -0.1) is 0 Å². The summed E-state index contributed by atoms with van der Waals surface area (Å²) in [7, 11) is 0. The normalized spacial score (nSPS) is 16.5. The summed E-state index contributed by atoms with van der Waals surface area (Å²) in [5, 5.41) is 13.3. The van der Waals surface area contributed by atoms with Gasteiger partial charge in [-0.3, -0.25) is 4.79 Å². The lowest BCUT2D eigenvalue weighted by Gasteiger charge is -2.32. The van der Waals surface area contributed by atoms with Gasteiger partial charge in [-0.05, 0) is 80.9 Å². The lowest BCUT2D eigenvalue weighted by Crippen LogP contribution is -2.33. The van der Waals surface area contributed by atoms with Crippen LogP contribution in [0.1, 0.15) is 69.1 Å². The lowest BCUT2D eigenvalue weighted by atomic mass is 9.89. The molecule has 1 atom stereocenters. The molecule has 4 heteroatoms. The number of nitrogens with one attached hydrogen (secondary N) is 1. The predicted octanol–water partition coefficient (Wildman–Crippen LogP) is 5.36. The highest BCUT2D eigenvalue weighted by Crippen LogP contribution is 2.30. The lowest BCUT2D eigenvalue weighted by molar-refractivity contribution is -0.118. The predicted molar refractivity (Wildman–Crippen MR) is 124 cm³/mol. The van der Waals surface area contributed by atoms with Crippen LogP contribution in [0.15, 0.2) is 54.6 Å². The Morgan fingerprint density at radius 1 is 1.07 bits per heavy atom. The number of likely N-dealkylation sites (tertiary alicyclic amines) is 1. The second-order valence-corrected chi connectivity index (χ2v) is 8.81. The Bertz CT molecular complexity index is 783. The molecule has 2 N–H and O–H groups in total. The molecule has 0 radical (unpaired) electrons. The van der Waals surface area contributed by atoms with E-state index >= 15 is 0 Å². The summed E-state index contributed by atoms with van der Waals surface area (Å²) < 4.78 is 0. The van der Waals surface area contributed by atoms with Crippen molar-refractivity contribution < 1.29 is 9.90 Å². The number of amides is 1. The first-order chi connectivity index (χ1) is 14.5. The van der Waals surface area contributed by atoms with Crippen LogP contribution in [0.3, 0.4) is 0 Å². The van der Waals surface area contributed by atoms with E-state index in [9.17, 15) is 9.90 Å². The fraction of sp³-hybridized carbons (Fsp3) is 0.500. The summed E-state index contributed by atoms with van der Waals surface area (Å²) >= 11 is 0. The zero-order chi connectivity index (χ0) is 21.3. The van der Waals surface area contributed by atoms with Gasteiger partial charge in [-0.25, -0.2) is 0 Å². The Kier molecular flexibility index (Phi) is 8.47. The van der Waals surface area contributed by atoms with Gasteiger partial charge >= 0.3 is 0 Å². The molecule has 4 nitrogen and oxygen atoms in total. The third-order valence-electron chi connectivity index (χ3n) is 6.12. The van der Waals surface area contributed by atoms with Gasteiger partial charge in [0.15, 0.2) is 0 Å². The second kappa shape index (κ2) is 11.3. The van der Waals surface area contributed by atoms with Crippen molar-refractivity contribution in [2.45, 2.75) is 58.0 Å². The van der Waals surface area contributed by atoms with Crippen LogP contribution in [0.2, 0.25) is 0 Å². The minimum Gasteiger partial charge on any atom is -0.388 e. The molecule has 0 aliphatic carbocycles. The molecule has 1 unspecified atom stereocenters. The number of hydrogen-bond donors (Lipinski definition) is 2. The average Bonchev–Trinajstić information content (AvgIpc) is 2.77. The van der Waals surface area contributed by atoms with Crippen LogP contribution < -0.4 is 5.32 Å². The third kappa shape index (κ3) is 6.68. The number of aliphatic hydroxyl groups excluding tert-OH is 1. The van der Waals surface area contributed by atoms with Gasteiger partial charge in [0.25, 0.3) is 0 Å². The van der Waals surface area contributed by atoms with E-state index in [2.05, 4.69) is 28.4 Å². The fourth-order valence-electron chi connectivity index (χ4n) is 4.16.